The van der Waals surface area contributed by atoms with Gasteiger partial charge in [-0.25, -0.2) is 4.63 Å². The first kappa shape index (κ1) is 18.4. The maximum atomic E-state index is 12.5. The van der Waals surface area contributed by atoms with E-state index in [9.17, 15) is 4.79 Å². The number of amides is 1. The van der Waals surface area contributed by atoms with Crippen molar-refractivity contribution in [2.24, 2.45) is 0 Å². The van der Waals surface area contributed by atoms with Crippen LogP contribution in [0.15, 0.2) is 47.1 Å². The number of aromatic nitrogens is 2. The largest absolute Gasteiger partial charge is 0.496 e. The molecule has 1 amide bonds. The van der Waals surface area contributed by atoms with Gasteiger partial charge in [0, 0.05) is 11.1 Å². The average molecular weight is 367 g/mol. The van der Waals surface area contributed by atoms with E-state index in [1.165, 1.54) is 0 Å². The maximum Gasteiger partial charge on any atom is 0.256 e. The first-order chi connectivity index (χ1) is 13.0. The Kier molecular flexibility index (Phi) is 5.40. The van der Waals surface area contributed by atoms with Crippen molar-refractivity contribution in [3.05, 3.63) is 53.6 Å². The van der Waals surface area contributed by atoms with Crippen molar-refractivity contribution in [3.63, 3.8) is 0 Å². The molecule has 0 radical (unpaired) electrons. The first-order valence-electron chi connectivity index (χ1n) is 8.53. The highest BCUT2D eigenvalue weighted by atomic mass is 16.6. The fourth-order valence-corrected chi connectivity index (χ4v) is 2.62. The van der Waals surface area contributed by atoms with Gasteiger partial charge in [0.2, 0.25) is 5.82 Å². The van der Waals surface area contributed by atoms with Crippen LogP contribution < -0.4 is 14.8 Å². The minimum absolute atomic E-state index is 0.0707. The molecule has 0 unspecified atom stereocenters. The van der Waals surface area contributed by atoms with E-state index in [1.54, 1.807) is 31.4 Å². The van der Waals surface area contributed by atoms with Gasteiger partial charge < -0.3 is 14.8 Å². The standard InChI is InChI=1S/C20H21N3O4/c1-12(2)26-16-8-5-14(6-9-16)20(24)21-19-18(22-27-23-19)15-7-10-17(25-4)13(3)11-15/h5-12H,1-4H3,(H,21,23,24). The third-order valence-electron chi connectivity index (χ3n) is 3.88. The third-order valence-corrected chi connectivity index (χ3v) is 3.88. The van der Waals surface area contributed by atoms with Gasteiger partial charge in [-0.05, 0) is 79.1 Å². The van der Waals surface area contributed by atoms with E-state index in [4.69, 9.17) is 14.1 Å². The lowest BCUT2D eigenvalue weighted by molar-refractivity contribution is 0.102. The van der Waals surface area contributed by atoms with Gasteiger partial charge in [0.15, 0.2) is 5.69 Å². The van der Waals surface area contributed by atoms with Gasteiger partial charge in [0.05, 0.1) is 13.2 Å². The number of hydrogen-bond donors (Lipinski definition) is 1. The molecule has 0 atom stereocenters. The summed E-state index contributed by atoms with van der Waals surface area (Å²) in [6.45, 7) is 5.82. The summed E-state index contributed by atoms with van der Waals surface area (Å²) in [6, 6.07) is 12.5. The molecule has 0 fully saturated rings. The number of nitrogens with zero attached hydrogens (tertiary/aromatic N) is 2. The normalized spacial score (nSPS) is 10.7. The molecule has 3 aromatic rings. The van der Waals surface area contributed by atoms with E-state index in [1.807, 2.05) is 39.0 Å². The quantitative estimate of drug-likeness (QED) is 0.706. The molecule has 27 heavy (non-hydrogen) atoms. The summed E-state index contributed by atoms with van der Waals surface area (Å²) in [5.74, 6) is 1.42. The second-order valence-corrected chi connectivity index (χ2v) is 6.29. The molecular weight excluding hydrogens is 346 g/mol. The van der Waals surface area contributed by atoms with Gasteiger partial charge in [-0.1, -0.05) is 0 Å². The Hall–Kier alpha value is -3.35. The molecule has 0 aliphatic heterocycles. The molecule has 0 bridgehead atoms. The van der Waals surface area contributed by atoms with E-state index in [2.05, 4.69) is 15.6 Å². The SMILES string of the molecule is COc1ccc(-c2nonc2NC(=O)c2ccc(OC(C)C)cc2)cc1C. The summed E-state index contributed by atoms with van der Waals surface area (Å²) < 4.78 is 15.7. The molecule has 7 heteroatoms. The number of nitrogens with one attached hydrogen (secondary N) is 1. The molecule has 0 saturated heterocycles. The average Bonchev–Trinajstić information content (AvgIpc) is 3.09. The van der Waals surface area contributed by atoms with Crippen LogP contribution in [0.4, 0.5) is 5.82 Å². The van der Waals surface area contributed by atoms with Crippen molar-refractivity contribution in [2.75, 3.05) is 12.4 Å². The first-order valence-corrected chi connectivity index (χ1v) is 8.53. The van der Waals surface area contributed by atoms with E-state index < -0.39 is 0 Å². The molecule has 1 heterocycles. The van der Waals surface area contributed by atoms with Gasteiger partial charge in [-0.3, -0.25) is 4.79 Å². The van der Waals surface area contributed by atoms with Crippen LogP contribution in [-0.4, -0.2) is 29.4 Å². The lowest BCUT2D eigenvalue weighted by atomic mass is 10.1. The van der Waals surface area contributed by atoms with Crippen LogP contribution in [0.25, 0.3) is 11.3 Å². The van der Waals surface area contributed by atoms with Gasteiger partial charge in [-0.2, -0.15) is 0 Å². The number of carbonyl (C=O) groups excluding carboxylic acids is 1. The molecule has 0 spiro atoms. The summed E-state index contributed by atoms with van der Waals surface area (Å²) in [4.78, 5) is 12.5. The van der Waals surface area contributed by atoms with Crippen molar-refractivity contribution in [1.29, 1.82) is 0 Å². The van der Waals surface area contributed by atoms with Gasteiger partial charge in [0.25, 0.3) is 5.91 Å². The van der Waals surface area contributed by atoms with Crippen LogP contribution in [-0.2, 0) is 0 Å². The highest BCUT2D eigenvalue weighted by Crippen LogP contribution is 2.29. The molecule has 140 valence electrons. The van der Waals surface area contributed by atoms with Crippen LogP contribution in [0.1, 0.15) is 29.8 Å². The predicted octanol–water partition coefficient (Wildman–Crippen LogP) is 4.09. The molecule has 7 nitrogen and oxygen atoms in total. The van der Waals surface area contributed by atoms with Crippen molar-refractivity contribution in [1.82, 2.24) is 10.3 Å². The molecule has 1 aromatic heterocycles. The molecule has 1 N–H and O–H groups in total. The number of benzene rings is 2. The topological polar surface area (TPSA) is 86.5 Å². The lowest BCUT2D eigenvalue weighted by Crippen LogP contribution is -2.13. The molecular formula is C20H21N3O4. The Morgan fingerprint density at radius 3 is 2.48 bits per heavy atom. The molecule has 3 rings (SSSR count). The van der Waals surface area contributed by atoms with E-state index in [-0.39, 0.29) is 17.8 Å². The monoisotopic (exact) mass is 367 g/mol. The van der Waals surface area contributed by atoms with Crippen molar-refractivity contribution >= 4 is 11.7 Å². The zero-order valence-corrected chi connectivity index (χ0v) is 15.6. The number of aryl methyl sites for hydroxylation is 1. The van der Waals surface area contributed by atoms with Crippen LogP contribution in [0.3, 0.4) is 0 Å². The molecule has 0 saturated carbocycles. The van der Waals surface area contributed by atoms with E-state index in [0.717, 1.165) is 16.9 Å². The second-order valence-electron chi connectivity index (χ2n) is 6.29. The molecule has 2 aromatic carbocycles. The number of anilines is 1. The lowest BCUT2D eigenvalue weighted by Gasteiger charge is -2.10. The van der Waals surface area contributed by atoms with Gasteiger partial charge >= 0.3 is 0 Å². The van der Waals surface area contributed by atoms with Crippen LogP contribution >= 0.6 is 0 Å². The fourth-order valence-electron chi connectivity index (χ4n) is 2.62. The van der Waals surface area contributed by atoms with Crippen molar-refractivity contribution < 1.29 is 18.9 Å². The van der Waals surface area contributed by atoms with Crippen LogP contribution in [0.2, 0.25) is 0 Å². The summed E-state index contributed by atoms with van der Waals surface area (Å²) in [6.07, 6.45) is 0.0707. The van der Waals surface area contributed by atoms with Gasteiger partial charge in [-0.15, -0.1) is 0 Å². The Morgan fingerprint density at radius 1 is 1.11 bits per heavy atom. The Bertz CT molecular complexity index is 933. The third kappa shape index (κ3) is 4.25. The van der Waals surface area contributed by atoms with Gasteiger partial charge in [0.1, 0.15) is 11.5 Å². The van der Waals surface area contributed by atoms with Crippen molar-refractivity contribution in [2.45, 2.75) is 26.9 Å². The number of ether oxygens (including phenoxy) is 2. The second kappa shape index (κ2) is 7.90. The fraction of sp³-hybridized carbons (Fsp3) is 0.250. The highest BCUT2D eigenvalue weighted by molar-refractivity contribution is 6.05. The Morgan fingerprint density at radius 2 is 1.85 bits per heavy atom. The minimum Gasteiger partial charge on any atom is -0.496 e. The Labute approximate surface area is 157 Å². The van der Waals surface area contributed by atoms with E-state index in [0.29, 0.717) is 17.0 Å². The number of methoxy groups -OCH3 is 1. The highest BCUT2D eigenvalue weighted by Gasteiger charge is 2.17. The molecule has 0 aliphatic rings. The maximum absolute atomic E-state index is 12.5. The number of carbonyl (C=O) groups is 1. The Balaban J connectivity index is 1.78. The van der Waals surface area contributed by atoms with E-state index >= 15 is 0 Å². The summed E-state index contributed by atoms with van der Waals surface area (Å²) in [5.41, 5.74) is 2.64. The van der Waals surface area contributed by atoms with Crippen LogP contribution in [0.5, 0.6) is 11.5 Å². The number of hydrogen-bond acceptors (Lipinski definition) is 6. The summed E-state index contributed by atoms with van der Waals surface area (Å²) in [5, 5.41) is 10.5. The zero-order valence-electron chi connectivity index (χ0n) is 15.6. The van der Waals surface area contributed by atoms with Crippen molar-refractivity contribution in [3.8, 4) is 22.8 Å². The number of rotatable bonds is 6. The molecule has 0 aliphatic carbocycles. The smallest absolute Gasteiger partial charge is 0.256 e. The summed E-state index contributed by atoms with van der Waals surface area (Å²) >= 11 is 0. The summed E-state index contributed by atoms with van der Waals surface area (Å²) in [7, 11) is 1.61. The predicted molar refractivity (Wildman–Crippen MR) is 101 cm³/mol. The minimum atomic E-state index is -0.312. The van der Waals surface area contributed by atoms with Crippen LogP contribution in [0, 0.1) is 6.92 Å². The zero-order chi connectivity index (χ0) is 19.4.